The summed E-state index contributed by atoms with van der Waals surface area (Å²) in [5.74, 6) is 0. The van der Waals surface area contributed by atoms with Crippen molar-refractivity contribution >= 4 is 71.6 Å². The predicted octanol–water partition coefficient (Wildman–Crippen LogP) is 16.3. The first-order valence-corrected chi connectivity index (χ1v) is 20.8. The van der Waals surface area contributed by atoms with Gasteiger partial charge in [-0.05, 0) is 93.2 Å². The normalized spacial score (nSPS) is 11.6. The molecule has 12 rings (SSSR count). The summed E-state index contributed by atoms with van der Waals surface area (Å²) in [6.07, 6.45) is 0. The largest absolute Gasteiger partial charge is 0.454 e. The minimum atomic E-state index is 0.840. The van der Waals surface area contributed by atoms with Crippen LogP contribution < -0.4 is 4.90 Å². The third-order valence-corrected chi connectivity index (χ3v) is 12.2. The Bertz CT molecular complexity index is 3550. The summed E-state index contributed by atoms with van der Waals surface area (Å²) in [6.45, 7) is 0. The van der Waals surface area contributed by atoms with Crippen molar-refractivity contribution in [2.75, 3.05) is 4.90 Å². The van der Waals surface area contributed by atoms with Gasteiger partial charge in [-0.3, -0.25) is 0 Å². The van der Waals surface area contributed by atoms with Crippen LogP contribution in [0.2, 0.25) is 0 Å². The van der Waals surface area contributed by atoms with E-state index in [-0.39, 0.29) is 0 Å². The maximum absolute atomic E-state index is 7.16. The average molecular weight is 779 g/mol. The zero-order valence-corrected chi connectivity index (χ0v) is 33.2. The molecule has 0 atom stereocenters. The molecule has 286 valence electrons. The first-order valence-electron chi connectivity index (χ1n) is 20.8. The first kappa shape index (κ1) is 34.9. The van der Waals surface area contributed by atoms with Crippen LogP contribution in [0.1, 0.15) is 0 Å². The zero-order valence-electron chi connectivity index (χ0n) is 33.2. The summed E-state index contributed by atoms with van der Waals surface area (Å²) >= 11 is 0. The molecular weight excluding hydrogens is 741 g/mol. The Labute approximate surface area is 353 Å². The fraction of sp³-hybridized carbons (Fsp3) is 0. The van der Waals surface area contributed by atoms with Gasteiger partial charge in [0.25, 0.3) is 0 Å². The highest BCUT2D eigenvalue weighted by Gasteiger charge is 2.25. The van der Waals surface area contributed by atoms with Gasteiger partial charge in [-0.15, -0.1) is 0 Å². The standard InChI is InChI=1S/C58H38N2O/c1-4-15-39(16-5-1)40-27-29-41(30-28-40)42-31-34-46(35-32-42)59(44-18-6-2-7-19-44)53-37-36-49(56-55-47-22-11-10-17-43(47)33-38-54(55)61-58(53)56)51-25-14-24-50-48-23-12-13-26-52(48)60(57(50)51)45-20-8-3-9-21-45/h1-38H. The Morgan fingerprint density at radius 2 is 0.934 bits per heavy atom. The molecule has 0 aliphatic heterocycles. The molecule has 0 aliphatic rings. The van der Waals surface area contributed by atoms with Crippen LogP contribution >= 0.6 is 0 Å². The number of aromatic nitrogens is 1. The van der Waals surface area contributed by atoms with Gasteiger partial charge in [-0.2, -0.15) is 0 Å². The van der Waals surface area contributed by atoms with Crippen LogP contribution in [0.5, 0.6) is 0 Å². The van der Waals surface area contributed by atoms with Gasteiger partial charge in [0.2, 0.25) is 0 Å². The summed E-state index contributed by atoms with van der Waals surface area (Å²) in [6, 6.07) is 82.6. The minimum Gasteiger partial charge on any atom is -0.454 e. The van der Waals surface area contributed by atoms with Crippen molar-refractivity contribution in [2.45, 2.75) is 0 Å². The molecule has 10 aromatic carbocycles. The summed E-state index contributed by atoms with van der Waals surface area (Å²) in [7, 11) is 0. The van der Waals surface area contributed by atoms with Crippen LogP contribution in [-0.2, 0) is 0 Å². The molecule has 2 heterocycles. The topological polar surface area (TPSA) is 21.3 Å². The molecule has 3 heteroatoms. The lowest BCUT2D eigenvalue weighted by atomic mass is 9.94. The van der Waals surface area contributed by atoms with Crippen molar-refractivity contribution in [3.05, 3.63) is 231 Å². The SMILES string of the molecule is c1ccc(-c2ccc(-c3ccc(N(c4ccccc4)c4ccc(-c5cccc6c7ccccc7n(-c7ccccc7)c56)c5c4oc4ccc6ccccc6c45)cc3)cc2)cc1. The molecule has 0 radical (unpaired) electrons. The van der Waals surface area contributed by atoms with Crippen LogP contribution in [0.3, 0.4) is 0 Å². The summed E-state index contributed by atoms with van der Waals surface area (Å²) in [5, 5.41) is 7.00. The van der Waals surface area contributed by atoms with Crippen molar-refractivity contribution in [1.29, 1.82) is 0 Å². The van der Waals surface area contributed by atoms with E-state index in [1.807, 2.05) is 0 Å². The van der Waals surface area contributed by atoms with Crippen molar-refractivity contribution in [3.63, 3.8) is 0 Å². The van der Waals surface area contributed by atoms with E-state index in [4.69, 9.17) is 4.42 Å². The number of nitrogens with zero attached hydrogens (tertiary/aromatic N) is 2. The molecule has 0 fully saturated rings. The lowest BCUT2D eigenvalue weighted by Gasteiger charge is -2.26. The quantitative estimate of drug-likeness (QED) is 0.161. The predicted molar refractivity (Wildman–Crippen MR) is 257 cm³/mol. The van der Waals surface area contributed by atoms with E-state index in [1.165, 1.54) is 49.3 Å². The van der Waals surface area contributed by atoms with E-state index in [0.29, 0.717) is 0 Å². The van der Waals surface area contributed by atoms with Gasteiger partial charge in [-0.1, -0.05) is 176 Å². The zero-order chi connectivity index (χ0) is 40.3. The summed E-state index contributed by atoms with van der Waals surface area (Å²) in [4.78, 5) is 2.33. The number of fused-ring (bicyclic) bond motifs is 8. The molecule has 0 N–H and O–H groups in total. The lowest BCUT2D eigenvalue weighted by molar-refractivity contribution is 0.669. The lowest BCUT2D eigenvalue weighted by Crippen LogP contribution is -2.10. The highest BCUT2D eigenvalue weighted by molar-refractivity contribution is 6.27. The Balaban J connectivity index is 1.09. The van der Waals surface area contributed by atoms with Gasteiger partial charge < -0.3 is 13.9 Å². The molecule has 0 saturated carbocycles. The van der Waals surface area contributed by atoms with Crippen LogP contribution in [0.25, 0.3) is 93.6 Å². The first-order chi connectivity index (χ1) is 30.3. The number of rotatable bonds is 7. The van der Waals surface area contributed by atoms with Crippen LogP contribution in [0.15, 0.2) is 235 Å². The van der Waals surface area contributed by atoms with Crippen molar-refractivity contribution in [1.82, 2.24) is 4.57 Å². The second-order valence-corrected chi connectivity index (χ2v) is 15.6. The Morgan fingerprint density at radius 3 is 1.67 bits per heavy atom. The molecule has 0 saturated heterocycles. The molecule has 0 unspecified atom stereocenters. The minimum absolute atomic E-state index is 0.840. The average Bonchev–Trinajstić information content (AvgIpc) is 3.90. The summed E-state index contributed by atoms with van der Waals surface area (Å²) < 4.78 is 9.58. The molecular formula is C58H38N2O. The smallest absolute Gasteiger partial charge is 0.160 e. The van der Waals surface area contributed by atoms with E-state index in [9.17, 15) is 0 Å². The highest BCUT2D eigenvalue weighted by atomic mass is 16.3. The van der Waals surface area contributed by atoms with Crippen molar-refractivity contribution in [3.8, 4) is 39.1 Å². The number of furan rings is 1. The van der Waals surface area contributed by atoms with E-state index < -0.39 is 0 Å². The third kappa shape index (κ3) is 5.74. The highest BCUT2D eigenvalue weighted by Crippen LogP contribution is 2.49. The van der Waals surface area contributed by atoms with E-state index in [1.54, 1.807) is 0 Å². The molecule has 3 nitrogen and oxygen atoms in total. The number of hydrogen-bond acceptors (Lipinski definition) is 2. The molecule has 0 aliphatic carbocycles. The Morgan fingerprint density at radius 1 is 0.361 bits per heavy atom. The van der Waals surface area contributed by atoms with Crippen molar-refractivity contribution in [2.24, 2.45) is 0 Å². The molecule has 0 bridgehead atoms. The van der Waals surface area contributed by atoms with Gasteiger partial charge >= 0.3 is 0 Å². The Hall–Kier alpha value is -8.14. The number of benzene rings is 10. The maximum Gasteiger partial charge on any atom is 0.160 e. The number of anilines is 3. The fourth-order valence-corrected chi connectivity index (χ4v) is 9.40. The molecule has 0 spiro atoms. The fourth-order valence-electron chi connectivity index (χ4n) is 9.40. The van der Waals surface area contributed by atoms with Crippen molar-refractivity contribution < 1.29 is 4.42 Å². The van der Waals surface area contributed by atoms with Crippen LogP contribution in [-0.4, -0.2) is 4.57 Å². The van der Waals surface area contributed by atoms with Gasteiger partial charge in [-0.25, -0.2) is 0 Å². The van der Waals surface area contributed by atoms with Gasteiger partial charge in [0, 0.05) is 44.2 Å². The number of hydrogen-bond donors (Lipinski definition) is 0. The second-order valence-electron chi connectivity index (χ2n) is 15.6. The molecule has 61 heavy (non-hydrogen) atoms. The van der Waals surface area contributed by atoms with E-state index >= 15 is 0 Å². The molecule has 2 aromatic heterocycles. The van der Waals surface area contributed by atoms with Gasteiger partial charge in [0.05, 0.1) is 16.7 Å². The monoisotopic (exact) mass is 778 g/mol. The van der Waals surface area contributed by atoms with Gasteiger partial charge in [0.1, 0.15) is 5.58 Å². The van der Waals surface area contributed by atoms with E-state index in [0.717, 1.165) is 61.4 Å². The maximum atomic E-state index is 7.16. The number of para-hydroxylation sites is 4. The molecule has 0 amide bonds. The molecule has 12 aromatic rings. The second kappa shape index (κ2) is 14.3. The van der Waals surface area contributed by atoms with Gasteiger partial charge in [0.15, 0.2) is 5.58 Å². The van der Waals surface area contributed by atoms with Crippen LogP contribution in [0, 0.1) is 0 Å². The van der Waals surface area contributed by atoms with E-state index in [2.05, 4.69) is 240 Å². The third-order valence-electron chi connectivity index (χ3n) is 12.2. The Kier molecular flexibility index (Phi) is 8.17. The summed E-state index contributed by atoms with van der Waals surface area (Å²) in [5.41, 5.74) is 15.3. The van der Waals surface area contributed by atoms with Crippen LogP contribution in [0.4, 0.5) is 17.1 Å².